The van der Waals surface area contributed by atoms with Crippen LogP contribution in [-0.4, -0.2) is 19.5 Å². The third-order valence-corrected chi connectivity index (χ3v) is 3.81. The molecule has 3 rings (SSSR count). The van der Waals surface area contributed by atoms with Crippen molar-refractivity contribution in [3.63, 3.8) is 0 Å². The van der Waals surface area contributed by atoms with Crippen molar-refractivity contribution in [3.8, 4) is 5.95 Å². The summed E-state index contributed by atoms with van der Waals surface area (Å²) in [7, 11) is 0. The summed E-state index contributed by atoms with van der Waals surface area (Å²) < 4.78 is 15.4. The molecule has 1 aromatic carbocycles. The van der Waals surface area contributed by atoms with Crippen LogP contribution in [0.2, 0.25) is 0 Å². The molecule has 3 aromatic rings. The zero-order valence-corrected chi connectivity index (χ0v) is 12.0. The first kappa shape index (κ1) is 12.9. The van der Waals surface area contributed by atoms with Gasteiger partial charge in [-0.1, -0.05) is 6.07 Å². The minimum atomic E-state index is -0.558. The van der Waals surface area contributed by atoms with Gasteiger partial charge in [-0.2, -0.15) is 14.5 Å². The van der Waals surface area contributed by atoms with Crippen molar-refractivity contribution < 1.29 is 9.31 Å². The number of halogens is 2. The molecule has 0 fully saturated rings. The van der Waals surface area contributed by atoms with Gasteiger partial charge in [-0.15, -0.1) is 0 Å². The second-order valence-corrected chi connectivity index (χ2v) is 4.99. The van der Waals surface area contributed by atoms with E-state index in [1.54, 1.807) is 34.7 Å². The molecule has 2 aromatic heterocycles. The van der Waals surface area contributed by atoms with Crippen LogP contribution in [0.4, 0.5) is 10.2 Å². The van der Waals surface area contributed by atoms with E-state index >= 15 is 0 Å². The molecule has 0 aliphatic heterocycles. The Morgan fingerprint density at radius 3 is 2.60 bits per heavy atom. The van der Waals surface area contributed by atoms with E-state index in [1.807, 2.05) is 0 Å². The topological polar surface area (TPSA) is 73.8 Å². The van der Waals surface area contributed by atoms with Crippen LogP contribution < -0.4 is 0 Å². The molecule has 0 bridgehead atoms. The van der Waals surface area contributed by atoms with Crippen LogP contribution in [-0.2, 0) is 0 Å². The summed E-state index contributed by atoms with van der Waals surface area (Å²) in [6, 6.07) is 5.97. The van der Waals surface area contributed by atoms with Crippen molar-refractivity contribution in [2.24, 2.45) is 0 Å². The standard InChI is InChI=1S/C12H6FIN4O2/c13-7-3-1-4-8-9(7)10(14)11(18(19)20)17(8)12-15-5-2-6-16-12/h1-6H. The largest absolute Gasteiger partial charge is 0.358 e. The molecule has 8 heteroatoms. The Labute approximate surface area is 125 Å². The van der Waals surface area contributed by atoms with E-state index in [0.29, 0.717) is 5.52 Å². The van der Waals surface area contributed by atoms with Crippen LogP contribution in [0, 0.1) is 19.5 Å². The van der Waals surface area contributed by atoms with Crippen LogP contribution in [0.1, 0.15) is 0 Å². The van der Waals surface area contributed by atoms with E-state index < -0.39 is 10.7 Å². The highest BCUT2D eigenvalue weighted by molar-refractivity contribution is 14.1. The van der Waals surface area contributed by atoms with Gasteiger partial charge < -0.3 is 10.1 Å². The van der Waals surface area contributed by atoms with Gasteiger partial charge in [0.05, 0.1) is 5.39 Å². The first-order valence-electron chi connectivity index (χ1n) is 5.51. The Hall–Kier alpha value is -2.10. The highest BCUT2D eigenvalue weighted by atomic mass is 127. The zero-order chi connectivity index (χ0) is 14.3. The number of benzene rings is 1. The third-order valence-electron chi connectivity index (χ3n) is 2.79. The minimum Gasteiger partial charge on any atom is -0.358 e. The maximum atomic E-state index is 13.9. The lowest BCUT2D eigenvalue weighted by molar-refractivity contribution is -0.391. The summed E-state index contributed by atoms with van der Waals surface area (Å²) in [4.78, 5) is 18.8. The number of fused-ring (bicyclic) bond motifs is 1. The molecule has 0 unspecified atom stereocenters. The minimum absolute atomic E-state index is 0.137. The average molecular weight is 384 g/mol. The molecular weight excluding hydrogens is 378 g/mol. The molecule has 0 radical (unpaired) electrons. The van der Waals surface area contributed by atoms with E-state index in [9.17, 15) is 14.5 Å². The van der Waals surface area contributed by atoms with Crippen molar-refractivity contribution in [3.05, 3.63) is 56.2 Å². The molecule has 2 heterocycles. The van der Waals surface area contributed by atoms with Gasteiger partial charge in [0.1, 0.15) is 14.9 Å². The van der Waals surface area contributed by atoms with Crippen molar-refractivity contribution in [1.82, 2.24) is 14.5 Å². The molecule has 100 valence electrons. The van der Waals surface area contributed by atoms with Crippen LogP contribution in [0.5, 0.6) is 0 Å². The Balaban J connectivity index is 2.50. The van der Waals surface area contributed by atoms with E-state index in [1.165, 1.54) is 29.1 Å². The van der Waals surface area contributed by atoms with Crippen LogP contribution in [0.25, 0.3) is 16.9 Å². The van der Waals surface area contributed by atoms with Gasteiger partial charge in [-0.25, -0.2) is 4.39 Å². The lowest BCUT2D eigenvalue weighted by atomic mass is 10.2. The SMILES string of the molecule is O=[N+]([O-])c1c(I)c2c(F)cccc2n1-c1ncccn1. The molecule has 0 aliphatic rings. The van der Waals surface area contributed by atoms with Gasteiger partial charge in [0, 0.05) is 12.4 Å². The second kappa shape index (κ2) is 4.78. The summed E-state index contributed by atoms with van der Waals surface area (Å²) in [5, 5.41) is 11.5. The summed E-state index contributed by atoms with van der Waals surface area (Å²) in [5.41, 5.74) is 0.368. The molecular formula is C12H6FIN4O2. The van der Waals surface area contributed by atoms with E-state index in [2.05, 4.69) is 9.97 Å². The molecule has 0 atom stereocenters. The lowest BCUT2D eigenvalue weighted by Gasteiger charge is -2.00. The highest BCUT2D eigenvalue weighted by Crippen LogP contribution is 2.35. The van der Waals surface area contributed by atoms with Crippen molar-refractivity contribution in [2.45, 2.75) is 0 Å². The predicted molar refractivity (Wildman–Crippen MR) is 78.2 cm³/mol. The molecule has 0 aliphatic carbocycles. The van der Waals surface area contributed by atoms with Gasteiger partial charge in [0.15, 0.2) is 0 Å². The Morgan fingerprint density at radius 2 is 1.95 bits per heavy atom. The normalized spacial score (nSPS) is 10.9. The molecule has 6 nitrogen and oxygen atoms in total. The fourth-order valence-electron chi connectivity index (χ4n) is 2.01. The smallest absolute Gasteiger partial charge is 0.345 e. The Bertz CT molecular complexity index is 819. The van der Waals surface area contributed by atoms with Crippen LogP contribution in [0.3, 0.4) is 0 Å². The van der Waals surface area contributed by atoms with Gasteiger partial charge in [-0.3, -0.25) is 0 Å². The fourth-order valence-corrected chi connectivity index (χ4v) is 2.98. The van der Waals surface area contributed by atoms with E-state index in [0.717, 1.165) is 0 Å². The molecule has 0 saturated heterocycles. The number of hydrogen-bond donors (Lipinski definition) is 0. The van der Waals surface area contributed by atoms with E-state index in [4.69, 9.17) is 0 Å². The van der Waals surface area contributed by atoms with E-state index in [-0.39, 0.29) is 20.7 Å². The number of hydrogen-bond acceptors (Lipinski definition) is 4. The van der Waals surface area contributed by atoms with Crippen molar-refractivity contribution >= 4 is 39.3 Å². The molecule has 20 heavy (non-hydrogen) atoms. The van der Waals surface area contributed by atoms with Gasteiger partial charge in [0.2, 0.25) is 0 Å². The fraction of sp³-hybridized carbons (Fsp3) is 0. The number of aromatic nitrogens is 3. The monoisotopic (exact) mass is 384 g/mol. The van der Waals surface area contributed by atoms with Crippen LogP contribution >= 0.6 is 22.6 Å². The average Bonchev–Trinajstić information content (AvgIpc) is 2.74. The molecule has 0 amide bonds. The summed E-state index contributed by atoms with van der Waals surface area (Å²) >= 11 is 1.77. The van der Waals surface area contributed by atoms with Gasteiger partial charge in [0.25, 0.3) is 0 Å². The first-order chi connectivity index (χ1) is 9.61. The number of nitrogens with zero attached hydrogens (tertiary/aromatic N) is 4. The molecule has 0 saturated carbocycles. The van der Waals surface area contributed by atoms with Gasteiger partial charge >= 0.3 is 11.8 Å². The Kier molecular flexibility index (Phi) is 3.08. The quantitative estimate of drug-likeness (QED) is 0.387. The maximum Gasteiger partial charge on any atom is 0.345 e. The third kappa shape index (κ3) is 1.83. The number of nitro groups is 1. The van der Waals surface area contributed by atoms with Crippen molar-refractivity contribution in [2.75, 3.05) is 0 Å². The lowest BCUT2D eigenvalue weighted by Crippen LogP contribution is -2.04. The molecule has 0 N–H and O–H groups in total. The first-order valence-corrected chi connectivity index (χ1v) is 6.59. The second-order valence-electron chi connectivity index (χ2n) is 3.91. The maximum absolute atomic E-state index is 13.9. The summed E-state index contributed by atoms with van der Waals surface area (Å²) in [6.07, 6.45) is 2.95. The summed E-state index contributed by atoms with van der Waals surface area (Å²) in [6.45, 7) is 0. The van der Waals surface area contributed by atoms with Gasteiger partial charge in [-0.05, 0) is 45.7 Å². The summed E-state index contributed by atoms with van der Waals surface area (Å²) in [5.74, 6) is -0.612. The predicted octanol–water partition coefficient (Wildman–Crippen LogP) is 3.07. The van der Waals surface area contributed by atoms with Crippen LogP contribution in [0.15, 0.2) is 36.7 Å². The zero-order valence-electron chi connectivity index (χ0n) is 9.83. The highest BCUT2D eigenvalue weighted by Gasteiger charge is 2.29. The van der Waals surface area contributed by atoms with Crippen molar-refractivity contribution in [1.29, 1.82) is 0 Å². The number of rotatable bonds is 2. The Morgan fingerprint density at radius 1 is 1.25 bits per heavy atom. The molecule has 0 spiro atoms.